The lowest BCUT2D eigenvalue weighted by Gasteiger charge is -2.34. The molecule has 6 heteroatoms. The Balaban J connectivity index is 2.01. The molecule has 0 aliphatic carbocycles. The van der Waals surface area contributed by atoms with Gasteiger partial charge in [-0.25, -0.2) is 13.6 Å². The maximum absolute atomic E-state index is 14.1. The molecule has 1 amide bonds. The number of hydrogen-bond donors (Lipinski definition) is 0. The third kappa shape index (κ3) is 4.27. The van der Waals surface area contributed by atoms with Gasteiger partial charge in [-0.1, -0.05) is 44.2 Å². The van der Waals surface area contributed by atoms with Gasteiger partial charge in [0.2, 0.25) is 5.91 Å². The second kappa shape index (κ2) is 8.78. The summed E-state index contributed by atoms with van der Waals surface area (Å²) >= 11 is 0. The van der Waals surface area contributed by atoms with E-state index in [2.05, 4.69) is 13.8 Å². The van der Waals surface area contributed by atoms with Crippen LogP contribution in [0.15, 0.2) is 53.7 Å². The van der Waals surface area contributed by atoms with E-state index < -0.39 is 23.5 Å². The maximum atomic E-state index is 14.1. The Hall–Kier alpha value is -3.02. The van der Waals surface area contributed by atoms with Crippen LogP contribution in [-0.4, -0.2) is 23.9 Å². The molecule has 0 spiro atoms. The molecular formula is C24H25F2NO3. The Kier molecular flexibility index (Phi) is 6.34. The first-order valence-electron chi connectivity index (χ1n) is 9.86. The van der Waals surface area contributed by atoms with Gasteiger partial charge in [0.15, 0.2) is 0 Å². The molecule has 2 aromatic carbocycles. The zero-order chi connectivity index (χ0) is 22.0. The number of nitrogens with zero attached hydrogens (tertiary/aromatic N) is 1. The SMILES string of the molecule is COC(=O)C1=C(C)N(Cc2ccc(F)cc2F)C(=O)C[C@H]1c1ccc(C(C)C)cc1. The number of halogens is 2. The highest BCUT2D eigenvalue weighted by Crippen LogP contribution is 2.38. The number of hydrogen-bond acceptors (Lipinski definition) is 3. The van der Waals surface area contributed by atoms with Crippen LogP contribution in [0.4, 0.5) is 8.78 Å². The summed E-state index contributed by atoms with van der Waals surface area (Å²) in [6, 6.07) is 11.1. The van der Waals surface area contributed by atoms with E-state index in [0.717, 1.165) is 23.3 Å². The van der Waals surface area contributed by atoms with Crippen LogP contribution in [0, 0.1) is 11.6 Å². The standard InChI is InChI=1S/C24H25F2NO3/c1-14(2)16-5-7-17(8-6-16)20-12-22(28)27(15(3)23(20)24(29)30-4)13-18-9-10-19(25)11-21(18)26/h5-11,14,20H,12-13H2,1-4H3/t20-/m0/s1. The topological polar surface area (TPSA) is 46.6 Å². The summed E-state index contributed by atoms with van der Waals surface area (Å²) in [6.45, 7) is 5.75. The average molecular weight is 413 g/mol. The van der Waals surface area contributed by atoms with Crippen molar-refractivity contribution in [2.45, 2.75) is 45.6 Å². The molecule has 1 aliphatic rings. The molecule has 30 heavy (non-hydrogen) atoms. The molecule has 2 aromatic rings. The van der Waals surface area contributed by atoms with Crippen molar-refractivity contribution < 1.29 is 23.1 Å². The lowest BCUT2D eigenvalue weighted by atomic mass is 9.83. The third-order valence-electron chi connectivity index (χ3n) is 5.58. The van der Waals surface area contributed by atoms with Crippen molar-refractivity contribution in [2.75, 3.05) is 7.11 Å². The molecule has 158 valence electrons. The Bertz CT molecular complexity index is 996. The molecular weight excluding hydrogens is 388 g/mol. The van der Waals surface area contributed by atoms with Crippen molar-refractivity contribution >= 4 is 11.9 Å². The smallest absolute Gasteiger partial charge is 0.336 e. The van der Waals surface area contributed by atoms with Crippen LogP contribution >= 0.6 is 0 Å². The van der Waals surface area contributed by atoms with Gasteiger partial charge in [0.25, 0.3) is 0 Å². The molecule has 1 aliphatic heterocycles. The predicted octanol–water partition coefficient (Wildman–Crippen LogP) is 5.05. The highest BCUT2D eigenvalue weighted by Gasteiger charge is 2.37. The summed E-state index contributed by atoms with van der Waals surface area (Å²) in [5.74, 6) is -2.26. The van der Waals surface area contributed by atoms with E-state index in [-0.39, 0.29) is 24.4 Å². The first-order chi connectivity index (χ1) is 14.2. The highest BCUT2D eigenvalue weighted by molar-refractivity contribution is 5.95. The maximum Gasteiger partial charge on any atom is 0.336 e. The number of esters is 1. The quantitative estimate of drug-likeness (QED) is 0.645. The second-order valence-corrected chi connectivity index (χ2v) is 7.78. The van der Waals surface area contributed by atoms with Gasteiger partial charge in [-0.3, -0.25) is 4.79 Å². The summed E-state index contributed by atoms with van der Waals surface area (Å²) in [5, 5.41) is 0. The van der Waals surface area contributed by atoms with Crippen LogP contribution in [0.3, 0.4) is 0 Å². The molecule has 0 radical (unpaired) electrons. The van der Waals surface area contributed by atoms with Crippen molar-refractivity contribution in [2.24, 2.45) is 0 Å². The molecule has 0 saturated carbocycles. The van der Waals surface area contributed by atoms with E-state index in [9.17, 15) is 18.4 Å². The van der Waals surface area contributed by atoms with Gasteiger partial charge in [0, 0.05) is 29.7 Å². The fraction of sp³-hybridized carbons (Fsp3) is 0.333. The molecule has 3 rings (SSSR count). The zero-order valence-corrected chi connectivity index (χ0v) is 17.5. The van der Waals surface area contributed by atoms with Crippen molar-refractivity contribution in [3.8, 4) is 0 Å². The molecule has 0 bridgehead atoms. The van der Waals surface area contributed by atoms with Crippen LogP contribution in [0.5, 0.6) is 0 Å². The summed E-state index contributed by atoms with van der Waals surface area (Å²) in [7, 11) is 1.29. The molecule has 1 atom stereocenters. The second-order valence-electron chi connectivity index (χ2n) is 7.78. The van der Waals surface area contributed by atoms with Crippen LogP contribution in [-0.2, 0) is 20.9 Å². The number of benzene rings is 2. The van der Waals surface area contributed by atoms with Crippen LogP contribution in [0.25, 0.3) is 0 Å². The normalized spacial score (nSPS) is 17.0. The summed E-state index contributed by atoms with van der Waals surface area (Å²) in [4.78, 5) is 26.9. The number of rotatable bonds is 5. The van der Waals surface area contributed by atoms with Crippen molar-refractivity contribution in [3.05, 3.63) is 82.1 Å². The lowest BCUT2D eigenvalue weighted by molar-refractivity contribution is -0.138. The lowest BCUT2D eigenvalue weighted by Crippen LogP contribution is -2.38. The van der Waals surface area contributed by atoms with Crippen LogP contribution < -0.4 is 0 Å². The Labute approximate surface area is 175 Å². The minimum absolute atomic E-state index is 0.0611. The van der Waals surface area contributed by atoms with Crippen LogP contribution in [0.2, 0.25) is 0 Å². The minimum Gasteiger partial charge on any atom is -0.466 e. The Morgan fingerprint density at radius 1 is 1.17 bits per heavy atom. The van der Waals surface area contributed by atoms with Crippen molar-refractivity contribution in [1.82, 2.24) is 4.90 Å². The zero-order valence-electron chi connectivity index (χ0n) is 17.5. The summed E-state index contributed by atoms with van der Waals surface area (Å²) in [6.07, 6.45) is 0.0611. The monoisotopic (exact) mass is 413 g/mol. The fourth-order valence-corrected chi connectivity index (χ4v) is 3.80. The molecule has 0 unspecified atom stereocenters. The minimum atomic E-state index is -0.735. The van der Waals surface area contributed by atoms with E-state index in [1.54, 1.807) is 6.92 Å². The predicted molar refractivity (Wildman–Crippen MR) is 110 cm³/mol. The Morgan fingerprint density at radius 3 is 2.40 bits per heavy atom. The number of methoxy groups -OCH3 is 1. The first kappa shape index (κ1) is 21.7. The van der Waals surface area contributed by atoms with E-state index in [1.807, 2.05) is 24.3 Å². The molecule has 1 heterocycles. The molecule has 0 aromatic heterocycles. The van der Waals surface area contributed by atoms with E-state index in [1.165, 1.54) is 18.1 Å². The van der Waals surface area contributed by atoms with Gasteiger partial charge in [-0.05, 0) is 30.0 Å². The van der Waals surface area contributed by atoms with Crippen LogP contribution in [0.1, 0.15) is 55.7 Å². The van der Waals surface area contributed by atoms with Gasteiger partial charge in [0.05, 0.1) is 19.2 Å². The molecule has 0 fully saturated rings. The Morgan fingerprint density at radius 2 is 1.83 bits per heavy atom. The van der Waals surface area contributed by atoms with Gasteiger partial charge < -0.3 is 9.64 Å². The van der Waals surface area contributed by atoms with Crippen molar-refractivity contribution in [1.29, 1.82) is 0 Å². The fourth-order valence-electron chi connectivity index (χ4n) is 3.80. The van der Waals surface area contributed by atoms with E-state index in [0.29, 0.717) is 17.2 Å². The molecule has 4 nitrogen and oxygen atoms in total. The van der Waals surface area contributed by atoms with Crippen molar-refractivity contribution in [3.63, 3.8) is 0 Å². The average Bonchev–Trinajstić information content (AvgIpc) is 2.71. The molecule has 0 N–H and O–H groups in total. The largest absolute Gasteiger partial charge is 0.466 e. The highest BCUT2D eigenvalue weighted by atomic mass is 19.1. The van der Waals surface area contributed by atoms with Gasteiger partial charge in [-0.15, -0.1) is 0 Å². The first-order valence-corrected chi connectivity index (χ1v) is 9.86. The number of carbonyl (C=O) groups is 2. The van der Waals surface area contributed by atoms with Gasteiger partial charge in [0.1, 0.15) is 11.6 Å². The number of allylic oxidation sites excluding steroid dienone is 1. The number of carbonyl (C=O) groups excluding carboxylic acids is 2. The van der Waals surface area contributed by atoms with Gasteiger partial charge >= 0.3 is 5.97 Å². The number of amides is 1. The molecule has 0 saturated heterocycles. The van der Waals surface area contributed by atoms with E-state index in [4.69, 9.17) is 4.74 Å². The summed E-state index contributed by atoms with van der Waals surface area (Å²) < 4.78 is 32.3. The summed E-state index contributed by atoms with van der Waals surface area (Å²) in [5.41, 5.74) is 2.97. The number of ether oxygens (including phenoxy) is 1. The van der Waals surface area contributed by atoms with Gasteiger partial charge in [-0.2, -0.15) is 0 Å². The van der Waals surface area contributed by atoms with E-state index >= 15 is 0 Å². The third-order valence-corrected chi connectivity index (χ3v) is 5.58.